The Hall–Kier alpha value is -0.180. The van der Waals surface area contributed by atoms with Crippen LogP contribution in [-0.4, -0.2) is 28.0 Å². The second-order valence-electron chi connectivity index (χ2n) is 5.17. The monoisotopic (exact) mass is 247 g/mol. The van der Waals surface area contributed by atoms with Gasteiger partial charge in [0.15, 0.2) is 0 Å². The first-order valence-corrected chi connectivity index (χ1v) is 7.18. The largest absolute Gasteiger partial charge is 0.328 e. The number of hydrogen-bond acceptors (Lipinski definition) is 2. The first-order chi connectivity index (χ1) is 7.25. The molecule has 1 heterocycles. The number of carbonyl (C=O) groups is 1. The lowest BCUT2D eigenvalue weighted by atomic mass is 10.1. The third-order valence-electron chi connectivity index (χ3n) is 1.57. The molecule has 0 N–H and O–H groups in total. The van der Waals surface area contributed by atoms with E-state index in [9.17, 15) is 4.79 Å². The smallest absolute Gasteiger partial charge is 0.282 e. The van der Waals surface area contributed by atoms with Gasteiger partial charge in [0.2, 0.25) is 0 Å². The molecule has 1 rings (SSSR count). The molecule has 0 spiro atoms. The minimum atomic E-state index is 0.0145. The van der Waals surface area contributed by atoms with Crippen LogP contribution >= 0.6 is 11.8 Å². The Morgan fingerprint density at radius 3 is 1.69 bits per heavy atom. The predicted molar refractivity (Wildman–Crippen MR) is 76.2 cm³/mol. The third kappa shape index (κ3) is 9.08. The van der Waals surface area contributed by atoms with Crippen molar-refractivity contribution in [2.45, 2.75) is 60.9 Å². The summed E-state index contributed by atoms with van der Waals surface area (Å²) in [7, 11) is 0. The zero-order chi connectivity index (χ0) is 13.4. The molecule has 0 unspecified atom stereocenters. The van der Waals surface area contributed by atoms with Gasteiger partial charge in [0, 0.05) is 17.8 Å². The van der Waals surface area contributed by atoms with Gasteiger partial charge in [-0.1, -0.05) is 46.4 Å². The minimum Gasteiger partial charge on any atom is -0.328 e. The van der Waals surface area contributed by atoms with Gasteiger partial charge in [-0.25, -0.2) is 0 Å². The van der Waals surface area contributed by atoms with Gasteiger partial charge in [0.05, 0.1) is 0 Å². The fourth-order valence-corrected chi connectivity index (χ4v) is 1.97. The highest BCUT2D eigenvalue weighted by atomic mass is 32.2. The molecule has 1 aliphatic rings. The van der Waals surface area contributed by atoms with Crippen LogP contribution in [0.2, 0.25) is 0 Å². The van der Waals surface area contributed by atoms with Crippen LogP contribution in [0.25, 0.3) is 0 Å². The summed E-state index contributed by atoms with van der Waals surface area (Å²) in [5.41, 5.74) is 0.0145. The van der Waals surface area contributed by atoms with Crippen molar-refractivity contribution >= 4 is 17.0 Å². The zero-order valence-corrected chi connectivity index (χ0v) is 13.1. The highest BCUT2D eigenvalue weighted by Crippen LogP contribution is 2.25. The van der Waals surface area contributed by atoms with Gasteiger partial charge in [0.25, 0.3) is 5.24 Å². The summed E-state index contributed by atoms with van der Waals surface area (Å²) in [6, 6.07) is 0. The summed E-state index contributed by atoms with van der Waals surface area (Å²) in [6.07, 6.45) is 0. The molecule has 0 aromatic heterocycles. The summed E-state index contributed by atoms with van der Waals surface area (Å²) in [5.74, 6) is 1.79. The highest BCUT2D eigenvalue weighted by molar-refractivity contribution is 8.13. The fraction of sp³-hybridized carbons (Fsp3) is 0.923. The van der Waals surface area contributed by atoms with Gasteiger partial charge in [-0.3, -0.25) is 4.79 Å². The van der Waals surface area contributed by atoms with E-state index in [1.807, 2.05) is 18.7 Å². The van der Waals surface area contributed by atoms with E-state index < -0.39 is 0 Å². The normalized spacial score (nSPS) is 15.3. The Labute approximate surface area is 106 Å². The summed E-state index contributed by atoms with van der Waals surface area (Å²) >= 11 is 1.42. The second-order valence-corrected chi connectivity index (χ2v) is 6.22. The number of thioether (sulfide) groups is 1. The van der Waals surface area contributed by atoms with E-state index in [0.29, 0.717) is 0 Å². The molecule has 0 aromatic carbocycles. The van der Waals surface area contributed by atoms with Crippen LogP contribution in [0, 0.1) is 5.92 Å². The molecule has 2 nitrogen and oxygen atoms in total. The van der Waals surface area contributed by atoms with Gasteiger partial charge in [-0.05, 0) is 26.7 Å². The molecule has 1 aliphatic heterocycles. The van der Waals surface area contributed by atoms with Gasteiger partial charge in [-0.2, -0.15) is 0 Å². The van der Waals surface area contributed by atoms with Gasteiger partial charge < -0.3 is 4.90 Å². The van der Waals surface area contributed by atoms with E-state index in [1.165, 1.54) is 11.8 Å². The van der Waals surface area contributed by atoms with Gasteiger partial charge in [-0.15, -0.1) is 0 Å². The van der Waals surface area contributed by atoms with Crippen molar-refractivity contribution < 1.29 is 4.79 Å². The molecule has 0 radical (unpaired) electrons. The van der Waals surface area contributed by atoms with Crippen molar-refractivity contribution in [3.8, 4) is 0 Å². The van der Waals surface area contributed by atoms with Crippen molar-refractivity contribution in [3.63, 3.8) is 0 Å². The first-order valence-electron chi connectivity index (χ1n) is 6.19. The fourth-order valence-electron chi connectivity index (χ4n) is 1.00. The third-order valence-corrected chi connectivity index (χ3v) is 2.42. The second kappa shape index (κ2) is 8.91. The Bertz CT molecular complexity index is 182. The number of hydrogen-bond donors (Lipinski definition) is 0. The zero-order valence-electron chi connectivity index (χ0n) is 12.3. The van der Waals surface area contributed by atoms with Crippen LogP contribution in [0.5, 0.6) is 0 Å². The summed E-state index contributed by atoms with van der Waals surface area (Å²) in [5, 5.41) is 0.229. The maximum absolute atomic E-state index is 11.1. The Morgan fingerprint density at radius 2 is 1.56 bits per heavy atom. The average Bonchev–Trinajstić information content (AvgIpc) is 2.53. The maximum Gasteiger partial charge on any atom is 0.282 e. The van der Waals surface area contributed by atoms with E-state index in [1.54, 1.807) is 0 Å². The lowest BCUT2D eigenvalue weighted by Gasteiger charge is -2.30. The van der Waals surface area contributed by atoms with E-state index in [0.717, 1.165) is 18.2 Å². The summed E-state index contributed by atoms with van der Waals surface area (Å²) < 4.78 is 0. The molecule has 1 saturated heterocycles. The lowest BCUT2D eigenvalue weighted by Crippen LogP contribution is -2.41. The van der Waals surface area contributed by atoms with E-state index >= 15 is 0 Å². The van der Waals surface area contributed by atoms with Crippen molar-refractivity contribution in [2.75, 3.05) is 12.3 Å². The Morgan fingerprint density at radius 1 is 1.19 bits per heavy atom. The number of nitrogens with zero attached hydrogens (tertiary/aromatic N) is 1. The van der Waals surface area contributed by atoms with Gasteiger partial charge >= 0.3 is 0 Å². The topological polar surface area (TPSA) is 20.3 Å². The number of amides is 1. The average molecular weight is 247 g/mol. The van der Waals surface area contributed by atoms with E-state index in [2.05, 4.69) is 41.5 Å². The van der Waals surface area contributed by atoms with Crippen LogP contribution < -0.4 is 0 Å². The van der Waals surface area contributed by atoms with Crippen LogP contribution in [0.3, 0.4) is 0 Å². The summed E-state index contributed by atoms with van der Waals surface area (Å²) in [6.45, 7) is 17.6. The predicted octanol–water partition coefficient (Wildman–Crippen LogP) is 4.64. The van der Waals surface area contributed by atoms with E-state index in [-0.39, 0.29) is 10.8 Å². The Kier molecular flexibility index (Phi) is 10.1. The van der Waals surface area contributed by atoms with Gasteiger partial charge in [0.1, 0.15) is 0 Å². The lowest BCUT2D eigenvalue weighted by molar-refractivity contribution is 0.179. The van der Waals surface area contributed by atoms with Crippen LogP contribution in [0.1, 0.15) is 55.4 Å². The van der Waals surface area contributed by atoms with E-state index in [4.69, 9.17) is 0 Å². The van der Waals surface area contributed by atoms with Crippen LogP contribution in [0.4, 0.5) is 4.79 Å². The molecule has 16 heavy (non-hydrogen) atoms. The van der Waals surface area contributed by atoms with Crippen molar-refractivity contribution in [1.82, 2.24) is 4.90 Å². The molecule has 0 aromatic rings. The molecule has 0 aliphatic carbocycles. The molecular weight excluding hydrogens is 218 g/mol. The molecule has 1 amide bonds. The van der Waals surface area contributed by atoms with Crippen molar-refractivity contribution in [3.05, 3.63) is 0 Å². The van der Waals surface area contributed by atoms with Crippen LogP contribution in [-0.2, 0) is 0 Å². The van der Waals surface area contributed by atoms with Crippen molar-refractivity contribution in [1.29, 1.82) is 0 Å². The molecule has 1 fully saturated rings. The molecule has 0 atom stereocenters. The molecule has 98 valence electrons. The maximum atomic E-state index is 11.1. The molecule has 3 heteroatoms. The quantitative estimate of drug-likeness (QED) is 0.621. The first kappa shape index (κ1) is 18.2. The number of carbonyl (C=O) groups excluding carboxylic acids is 1. The highest BCUT2D eigenvalue weighted by Gasteiger charge is 2.30. The standard InChI is InChI=1S/C7H13NOS.C4H10.C2H6/c1-7(2,3)8-4-5-10-6(8)9;1-4(2)3;1-2/h4-5H2,1-3H3;4H,1-3H3;1-2H3. The minimum absolute atomic E-state index is 0.0145. The van der Waals surface area contributed by atoms with Crippen LogP contribution in [0.15, 0.2) is 0 Å². The molecule has 0 bridgehead atoms. The number of rotatable bonds is 0. The van der Waals surface area contributed by atoms with Crippen molar-refractivity contribution in [2.24, 2.45) is 5.92 Å². The SMILES string of the molecule is CC.CC(C)(C)N1CCSC1=O.CC(C)C. The Balaban J connectivity index is 0. The summed E-state index contributed by atoms with van der Waals surface area (Å²) in [4.78, 5) is 13.0. The molecule has 0 saturated carbocycles. The molecular formula is C13H29NOS.